The number of ether oxygens (including phenoxy) is 1. The van der Waals surface area contributed by atoms with E-state index in [4.69, 9.17) is 16.3 Å². The molecule has 146 valence electrons. The van der Waals surface area contributed by atoms with Crippen molar-refractivity contribution in [1.82, 2.24) is 10.2 Å². The number of carbonyl (C=O) groups is 2. The summed E-state index contributed by atoms with van der Waals surface area (Å²) < 4.78 is 5.81. The fraction of sp³-hybridized carbons (Fsp3) is 0.333. The molecule has 0 bridgehead atoms. The first-order chi connectivity index (χ1) is 13.6. The average molecular weight is 400 g/mol. The third-order valence-corrected chi connectivity index (χ3v) is 5.38. The van der Waals surface area contributed by atoms with Gasteiger partial charge < -0.3 is 20.3 Å². The zero-order chi connectivity index (χ0) is 19.5. The molecule has 0 aliphatic carbocycles. The smallest absolute Gasteiger partial charge is 0.319 e. The van der Waals surface area contributed by atoms with E-state index in [0.29, 0.717) is 24.5 Å². The molecular weight excluding hydrogens is 378 g/mol. The Hall–Kier alpha value is -2.73. The molecule has 0 saturated carbocycles. The Morgan fingerprint density at radius 1 is 1.07 bits per heavy atom. The fourth-order valence-electron chi connectivity index (χ4n) is 3.68. The van der Waals surface area contributed by atoms with Gasteiger partial charge in [-0.05, 0) is 48.7 Å². The normalized spacial score (nSPS) is 18.9. The molecule has 2 aromatic rings. The van der Waals surface area contributed by atoms with Crippen LogP contribution in [0.15, 0.2) is 48.5 Å². The molecule has 7 heteroatoms. The van der Waals surface area contributed by atoms with Crippen LogP contribution in [-0.4, -0.2) is 42.1 Å². The molecule has 2 heterocycles. The van der Waals surface area contributed by atoms with Gasteiger partial charge >= 0.3 is 6.03 Å². The molecule has 2 aromatic carbocycles. The summed E-state index contributed by atoms with van der Waals surface area (Å²) >= 11 is 6.02. The van der Waals surface area contributed by atoms with Gasteiger partial charge in [0.15, 0.2) is 6.10 Å². The number of halogens is 1. The molecule has 1 unspecified atom stereocenters. The van der Waals surface area contributed by atoms with E-state index in [2.05, 4.69) is 10.6 Å². The number of piperidine rings is 1. The Morgan fingerprint density at radius 3 is 2.57 bits per heavy atom. The van der Waals surface area contributed by atoms with Gasteiger partial charge in [0, 0.05) is 36.3 Å². The number of likely N-dealkylation sites (tertiary alicyclic amines) is 1. The highest BCUT2D eigenvalue weighted by Crippen LogP contribution is 2.32. The van der Waals surface area contributed by atoms with E-state index in [1.54, 1.807) is 6.07 Å². The van der Waals surface area contributed by atoms with Gasteiger partial charge in [0.05, 0.1) is 0 Å². The van der Waals surface area contributed by atoms with Gasteiger partial charge in [-0.2, -0.15) is 0 Å². The number of anilines is 1. The summed E-state index contributed by atoms with van der Waals surface area (Å²) in [5.41, 5.74) is 1.73. The van der Waals surface area contributed by atoms with Crippen molar-refractivity contribution in [3.05, 3.63) is 59.1 Å². The zero-order valence-corrected chi connectivity index (χ0v) is 16.1. The fourth-order valence-corrected chi connectivity index (χ4v) is 3.87. The van der Waals surface area contributed by atoms with E-state index < -0.39 is 6.10 Å². The number of urea groups is 1. The van der Waals surface area contributed by atoms with Crippen molar-refractivity contribution in [3.8, 4) is 5.75 Å². The molecule has 2 aliphatic heterocycles. The summed E-state index contributed by atoms with van der Waals surface area (Å²) in [5.74, 6) is 0.733. The quantitative estimate of drug-likeness (QED) is 0.830. The predicted octanol–water partition coefficient (Wildman–Crippen LogP) is 3.46. The molecule has 0 radical (unpaired) electrons. The van der Waals surface area contributed by atoms with Gasteiger partial charge in [0.1, 0.15) is 5.75 Å². The van der Waals surface area contributed by atoms with Crippen molar-refractivity contribution in [1.29, 1.82) is 0 Å². The van der Waals surface area contributed by atoms with Crippen LogP contribution in [-0.2, 0) is 11.2 Å². The van der Waals surface area contributed by atoms with E-state index in [0.717, 1.165) is 29.8 Å². The minimum atomic E-state index is -0.487. The van der Waals surface area contributed by atoms with Crippen LogP contribution in [0.1, 0.15) is 18.4 Å². The molecule has 0 spiro atoms. The minimum Gasteiger partial charge on any atom is -0.480 e. The second kappa shape index (κ2) is 8.10. The largest absolute Gasteiger partial charge is 0.480 e. The number of nitrogens with one attached hydrogen (secondary N) is 2. The van der Waals surface area contributed by atoms with E-state index in [9.17, 15) is 9.59 Å². The molecule has 0 aromatic heterocycles. The number of nitrogens with zero attached hydrogens (tertiary/aromatic N) is 1. The number of hydrogen-bond acceptors (Lipinski definition) is 3. The van der Waals surface area contributed by atoms with E-state index in [-0.39, 0.29) is 18.0 Å². The molecule has 2 N–H and O–H groups in total. The lowest BCUT2D eigenvalue weighted by Crippen LogP contribution is -2.50. The Balaban J connectivity index is 1.25. The lowest BCUT2D eigenvalue weighted by atomic mass is 10.0. The van der Waals surface area contributed by atoms with Crippen LogP contribution in [0.5, 0.6) is 5.75 Å². The van der Waals surface area contributed by atoms with Gasteiger partial charge in [0.2, 0.25) is 0 Å². The molecule has 1 fully saturated rings. The average Bonchev–Trinajstić information content (AvgIpc) is 3.12. The highest BCUT2D eigenvalue weighted by Gasteiger charge is 2.34. The topological polar surface area (TPSA) is 70.7 Å². The molecular formula is C21H22ClN3O3. The third-order valence-electron chi connectivity index (χ3n) is 5.15. The first kappa shape index (κ1) is 18.6. The van der Waals surface area contributed by atoms with Crippen LogP contribution in [0.2, 0.25) is 5.02 Å². The van der Waals surface area contributed by atoms with Crippen LogP contribution in [0.3, 0.4) is 0 Å². The van der Waals surface area contributed by atoms with E-state index in [1.807, 2.05) is 47.4 Å². The second-order valence-corrected chi connectivity index (χ2v) is 7.56. The minimum absolute atomic E-state index is 0.000454. The second-order valence-electron chi connectivity index (χ2n) is 7.13. The maximum atomic E-state index is 12.8. The highest BCUT2D eigenvalue weighted by molar-refractivity contribution is 6.30. The van der Waals surface area contributed by atoms with Crippen LogP contribution < -0.4 is 15.4 Å². The zero-order valence-electron chi connectivity index (χ0n) is 15.4. The summed E-state index contributed by atoms with van der Waals surface area (Å²) in [7, 11) is 0. The molecule has 1 atom stereocenters. The molecule has 2 aliphatic rings. The van der Waals surface area contributed by atoms with Crippen molar-refractivity contribution in [3.63, 3.8) is 0 Å². The lowest BCUT2D eigenvalue weighted by Gasteiger charge is -2.33. The predicted molar refractivity (Wildman–Crippen MR) is 108 cm³/mol. The van der Waals surface area contributed by atoms with E-state index >= 15 is 0 Å². The maximum absolute atomic E-state index is 12.8. The summed E-state index contributed by atoms with van der Waals surface area (Å²) in [6.45, 7) is 1.21. The SMILES string of the molecule is O=C(Nc1ccccc1)NC1CCN(C(=O)C2Cc3cc(Cl)ccc3O2)CC1. The van der Waals surface area contributed by atoms with Crippen molar-refractivity contribution in [2.75, 3.05) is 18.4 Å². The number of rotatable bonds is 3. The molecule has 28 heavy (non-hydrogen) atoms. The van der Waals surface area contributed by atoms with Gasteiger partial charge in [-0.25, -0.2) is 4.79 Å². The first-order valence-corrected chi connectivity index (χ1v) is 9.83. The van der Waals surface area contributed by atoms with Gasteiger partial charge in [-0.1, -0.05) is 29.8 Å². The Morgan fingerprint density at radius 2 is 1.82 bits per heavy atom. The standard InChI is InChI=1S/C21H22ClN3O3/c22-15-6-7-18-14(12-15)13-19(28-18)20(26)25-10-8-17(9-11-25)24-21(27)23-16-4-2-1-3-5-16/h1-7,12,17,19H,8-11,13H2,(H2,23,24,27). The van der Waals surface area contributed by atoms with Gasteiger partial charge in [-0.15, -0.1) is 0 Å². The maximum Gasteiger partial charge on any atom is 0.319 e. The van der Waals surface area contributed by atoms with Gasteiger partial charge in [0.25, 0.3) is 5.91 Å². The van der Waals surface area contributed by atoms with Crippen LogP contribution in [0.25, 0.3) is 0 Å². The van der Waals surface area contributed by atoms with Crippen LogP contribution in [0, 0.1) is 0 Å². The summed E-state index contributed by atoms with van der Waals surface area (Å²) in [5, 5.41) is 6.45. The molecule has 4 rings (SSSR count). The van der Waals surface area contributed by atoms with Crippen LogP contribution >= 0.6 is 11.6 Å². The number of para-hydroxylation sites is 1. The first-order valence-electron chi connectivity index (χ1n) is 9.45. The van der Waals surface area contributed by atoms with Gasteiger partial charge in [-0.3, -0.25) is 4.79 Å². The Bertz CT molecular complexity index is 866. The number of amides is 3. The summed E-state index contributed by atoms with van der Waals surface area (Å²) in [6, 6.07) is 14.6. The number of carbonyl (C=O) groups excluding carboxylic acids is 2. The van der Waals surface area contributed by atoms with Crippen molar-refractivity contribution in [2.45, 2.75) is 31.4 Å². The Kier molecular flexibility index (Phi) is 5.39. The molecule has 1 saturated heterocycles. The number of hydrogen-bond donors (Lipinski definition) is 2. The number of benzene rings is 2. The van der Waals surface area contributed by atoms with Crippen molar-refractivity contribution < 1.29 is 14.3 Å². The molecule has 6 nitrogen and oxygen atoms in total. The Labute approximate surface area is 168 Å². The van der Waals surface area contributed by atoms with Crippen molar-refractivity contribution in [2.24, 2.45) is 0 Å². The van der Waals surface area contributed by atoms with E-state index in [1.165, 1.54) is 0 Å². The lowest BCUT2D eigenvalue weighted by molar-refractivity contribution is -0.139. The highest BCUT2D eigenvalue weighted by atomic mass is 35.5. The summed E-state index contributed by atoms with van der Waals surface area (Å²) in [4.78, 5) is 26.7. The molecule has 3 amide bonds. The van der Waals surface area contributed by atoms with Crippen molar-refractivity contribution >= 4 is 29.2 Å². The monoisotopic (exact) mass is 399 g/mol. The van der Waals surface area contributed by atoms with Crippen LogP contribution in [0.4, 0.5) is 10.5 Å². The number of fused-ring (bicyclic) bond motifs is 1. The third kappa shape index (κ3) is 4.22. The summed E-state index contributed by atoms with van der Waals surface area (Å²) in [6.07, 6.45) is 1.50.